The molecule has 0 saturated carbocycles. The molecule has 3 rings (SSSR count). The lowest BCUT2D eigenvalue weighted by Crippen LogP contribution is -2.34. The highest BCUT2D eigenvalue weighted by Gasteiger charge is 2.14. The molecule has 1 aromatic carbocycles. The van der Waals surface area contributed by atoms with E-state index in [1.54, 1.807) is 17.4 Å². The summed E-state index contributed by atoms with van der Waals surface area (Å²) in [5.74, 6) is -0.789. The van der Waals surface area contributed by atoms with Gasteiger partial charge in [-0.05, 0) is 47.8 Å². The number of benzene rings is 1. The molecule has 0 atom stereocenters. The Labute approximate surface area is 141 Å². The fourth-order valence-corrected chi connectivity index (χ4v) is 2.68. The summed E-state index contributed by atoms with van der Waals surface area (Å²) in [7, 11) is 0. The number of amides is 2. The summed E-state index contributed by atoms with van der Waals surface area (Å²) in [5, 5.41) is 6.80. The van der Waals surface area contributed by atoms with Gasteiger partial charge in [-0.15, -0.1) is 11.3 Å². The molecular weight excluding hydrogens is 331 g/mol. The summed E-state index contributed by atoms with van der Waals surface area (Å²) in [4.78, 5) is 24.5. The van der Waals surface area contributed by atoms with Gasteiger partial charge in [0.1, 0.15) is 17.3 Å². The van der Waals surface area contributed by atoms with E-state index in [2.05, 4.69) is 10.6 Å². The number of hydrogen-bond acceptors (Lipinski definition) is 4. The molecule has 3 aromatic rings. The molecule has 2 aromatic heterocycles. The first-order valence-corrected chi connectivity index (χ1v) is 7.97. The second kappa shape index (κ2) is 7.10. The van der Waals surface area contributed by atoms with Gasteiger partial charge in [0.2, 0.25) is 0 Å². The number of furan rings is 1. The standard InChI is InChI=1S/C17H13FN2O3S/c18-11-3-5-12(6-4-11)20-17(22)16(21)19-10-13-7-8-14(23-13)15-2-1-9-24-15/h1-9H,10H2,(H,19,21)(H,20,22). The van der Waals surface area contributed by atoms with Gasteiger partial charge in [0.25, 0.3) is 0 Å². The highest BCUT2D eigenvalue weighted by atomic mass is 32.1. The van der Waals surface area contributed by atoms with Crippen LogP contribution in [-0.2, 0) is 16.1 Å². The van der Waals surface area contributed by atoms with Gasteiger partial charge in [-0.25, -0.2) is 4.39 Å². The minimum absolute atomic E-state index is 0.0983. The highest BCUT2D eigenvalue weighted by molar-refractivity contribution is 7.13. The third-order valence-electron chi connectivity index (χ3n) is 3.16. The molecule has 0 saturated heterocycles. The van der Waals surface area contributed by atoms with Gasteiger partial charge >= 0.3 is 11.8 Å². The fraction of sp³-hybridized carbons (Fsp3) is 0.0588. The number of halogens is 1. The molecule has 5 nitrogen and oxygen atoms in total. The zero-order chi connectivity index (χ0) is 16.9. The molecule has 2 heterocycles. The van der Waals surface area contributed by atoms with E-state index >= 15 is 0 Å². The van der Waals surface area contributed by atoms with Crippen molar-refractivity contribution in [2.24, 2.45) is 0 Å². The Morgan fingerprint density at radius 2 is 1.83 bits per heavy atom. The first kappa shape index (κ1) is 15.9. The van der Waals surface area contributed by atoms with Crippen LogP contribution in [0.4, 0.5) is 10.1 Å². The van der Waals surface area contributed by atoms with Crippen LogP contribution in [0.25, 0.3) is 10.6 Å². The second-order valence-corrected chi connectivity index (χ2v) is 5.83. The summed E-state index contributed by atoms with van der Waals surface area (Å²) in [6.07, 6.45) is 0. The zero-order valence-corrected chi connectivity index (χ0v) is 13.2. The van der Waals surface area contributed by atoms with Crippen LogP contribution < -0.4 is 10.6 Å². The van der Waals surface area contributed by atoms with Crippen LogP contribution in [0, 0.1) is 5.82 Å². The summed E-state index contributed by atoms with van der Waals surface area (Å²) in [6.45, 7) is 0.0983. The van der Waals surface area contributed by atoms with Crippen molar-refractivity contribution in [3.8, 4) is 10.6 Å². The number of nitrogens with one attached hydrogen (secondary N) is 2. The fourth-order valence-electron chi connectivity index (χ4n) is 1.99. The van der Waals surface area contributed by atoms with Crippen LogP contribution in [0.1, 0.15) is 5.76 Å². The zero-order valence-electron chi connectivity index (χ0n) is 12.4. The second-order valence-electron chi connectivity index (χ2n) is 4.89. The molecule has 0 bridgehead atoms. The molecule has 2 N–H and O–H groups in total. The van der Waals surface area contributed by atoms with E-state index < -0.39 is 17.6 Å². The number of carbonyl (C=O) groups excluding carboxylic acids is 2. The molecule has 0 radical (unpaired) electrons. The summed E-state index contributed by atoms with van der Waals surface area (Å²) in [5.41, 5.74) is 0.342. The quantitative estimate of drug-likeness (QED) is 0.713. The molecular formula is C17H13FN2O3S. The molecule has 24 heavy (non-hydrogen) atoms. The lowest BCUT2D eigenvalue weighted by Gasteiger charge is -2.05. The third-order valence-corrected chi connectivity index (χ3v) is 4.04. The number of hydrogen-bond donors (Lipinski definition) is 2. The Morgan fingerprint density at radius 3 is 2.54 bits per heavy atom. The van der Waals surface area contributed by atoms with Crippen LogP contribution in [0.2, 0.25) is 0 Å². The van der Waals surface area contributed by atoms with Gasteiger partial charge in [-0.3, -0.25) is 9.59 Å². The third kappa shape index (κ3) is 3.88. The maximum atomic E-state index is 12.8. The van der Waals surface area contributed by atoms with Gasteiger partial charge in [0.05, 0.1) is 11.4 Å². The normalized spacial score (nSPS) is 10.4. The van der Waals surface area contributed by atoms with Crippen molar-refractivity contribution in [1.82, 2.24) is 5.32 Å². The molecule has 0 aliphatic carbocycles. The molecule has 0 fully saturated rings. The maximum Gasteiger partial charge on any atom is 0.313 e. The van der Waals surface area contributed by atoms with E-state index in [0.717, 1.165) is 4.88 Å². The summed E-state index contributed by atoms with van der Waals surface area (Å²) >= 11 is 1.55. The Morgan fingerprint density at radius 1 is 1.04 bits per heavy atom. The van der Waals surface area contributed by atoms with Gasteiger partial charge in [0, 0.05) is 5.69 Å². The predicted molar refractivity (Wildman–Crippen MR) is 88.9 cm³/mol. The van der Waals surface area contributed by atoms with Crippen LogP contribution in [0.3, 0.4) is 0 Å². The Balaban J connectivity index is 1.53. The van der Waals surface area contributed by atoms with Crippen LogP contribution in [-0.4, -0.2) is 11.8 Å². The van der Waals surface area contributed by atoms with E-state index in [1.165, 1.54) is 24.3 Å². The molecule has 0 spiro atoms. The van der Waals surface area contributed by atoms with E-state index in [4.69, 9.17) is 4.42 Å². The molecule has 122 valence electrons. The average molecular weight is 344 g/mol. The highest BCUT2D eigenvalue weighted by Crippen LogP contribution is 2.26. The summed E-state index contributed by atoms with van der Waals surface area (Å²) < 4.78 is 18.4. The van der Waals surface area contributed by atoms with E-state index in [-0.39, 0.29) is 6.54 Å². The minimum Gasteiger partial charge on any atom is -0.458 e. The van der Waals surface area contributed by atoms with Crippen LogP contribution in [0.5, 0.6) is 0 Å². The van der Waals surface area contributed by atoms with Crippen molar-refractivity contribution in [3.63, 3.8) is 0 Å². The molecule has 0 unspecified atom stereocenters. The molecule has 0 aliphatic heterocycles. The van der Waals surface area contributed by atoms with E-state index in [0.29, 0.717) is 17.2 Å². The first-order valence-electron chi connectivity index (χ1n) is 7.09. The molecule has 2 amide bonds. The van der Waals surface area contributed by atoms with Crippen molar-refractivity contribution in [2.75, 3.05) is 5.32 Å². The number of thiophene rings is 1. The number of anilines is 1. The lowest BCUT2D eigenvalue weighted by molar-refractivity contribution is -0.136. The van der Waals surface area contributed by atoms with Gasteiger partial charge in [-0.1, -0.05) is 6.07 Å². The molecule has 0 aliphatic rings. The maximum absolute atomic E-state index is 12.8. The van der Waals surface area contributed by atoms with Crippen LogP contribution >= 0.6 is 11.3 Å². The summed E-state index contributed by atoms with van der Waals surface area (Å²) in [6, 6.07) is 12.6. The van der Waals surface area contributed by atoms with Crippen molar-refractivity contribution in [3.05, 3.63) is 65.5 Å². The minimum atomic E-state index is -0.827. The van der Waals surface area contributed by atoms with Gasteiger partial charge < -0.3 is 15.1 Å². The van der Waals surface area contributed by atoms with E-state index in [9.17, 15) is 14.0 Å². The first-order chi connectivity index (χ1) is 11.6. The van der Waals surface area contributed by atoms with E-state index in [1.807, 2.05) is 23.6 Å². The van der Waals surface area contributed by atoms with Gasteiger partial charge in [0.15, 0.2) is 0 Å². The lowest BCUT2D eigenvalue weighted by atomic mass is 10.3. The van der Waals surface area contributed by atoms with Crippen LogP contribution in [0.15, 0.2) is 58.3 Å². The Bertz CT molecular complexity index is 841. The monoisotopic (exact) mass is 344 g/mol. The molecule has 7 heteroatoms. The SMILES string of the molecule is O=C(NCc1ccc(-c2cccs2)o1)C(=O)Nc1ccc(F)cc1. The Kier molecular flexibility index (Phi) is 4.72. The van der Waals surface area contributed by atoms with Gasteiger partial charge in [-0.2, -0.15) is 0 Å². The topological polar surface area (TPSA) is 71.3 Å². The largest absolute Gasteiger partial charge is 0.458 e. The smallest absolute Gasteiger partial charge is 0.313 e. The number of carbonyl (C=O) groups is 2. The Hall–Kier alpha value is -2.93. The van der Waals surface area contributed by atoms with Crippen molar-refractivity contribution < 1.29 is 18.4 Å². The average Bonchev–Trinajstić information content (AvgIpc) is 3.25. The predicted octanol–water partition coefficient (Wildman–Crippen LogP) is 3.40. The van der Waals surface area contributed by atoms with Crippen molar-refractivity contribution in [1.29, 1.82) is 0 Å². The van der Waals surface area contributed by atoms with Crippen molar-refractivity contribution >= 4 is 28.8 Å². The number of rotatable bonds is 4. The van der Waals surface area contributed by atoms with Crippen molar-refractivity contribution in [2.45, 2.75) is 6.54 Å².